The first-order chi connectivity index (χ1) is 13.0. The minimum Gasteiger partial charge on any atom is -0.372 e. The highest BCUT2D eigenvalue weighted by Crippen LogP contribution is 2.26. The zero-order chi connectivity index (χ0) is 19.4. The number of nitrogens with zero attached hydrogens (tertiary/aromatic N) is 4. The highest BCUT2D eigenvalue weighted by atomic mass is 16.2. The van der Waals surface area contributed by atoms with E-state index in [1.54, 1.807) is 0 Å². The maximum atomic E-state index is 13.0. The molecule has 0 aromatic heterocycles. The van der Waals surface area contributed by atoms with Gasteiger partial charge in [0.05, 0.1) is 11.3 Å². The fourth-order valence-electron chi connectivity index (χ4n) is 3.14. The van der Waals surface area contributed by atoms with E-state index in [1.165, 1.54) is 10.7 Å². The van der Waals surface area contributed by atoms with Crippen molar-refractivity contribution in [1.82, 2.24) is 4.90 Å². The number of benzene rings is 2. The quantitative estimate of drug-likeness (QED) is 0.759. The van der Waals surface area contributed by atoms with Crippen LogP contribution in [0.5, 0.6) is 0 Å². The minimum absolute atomic E-state index is 0.113. The largest absolute Gasteiger partial charge is 0.372 e. The van der Waals surface area contributed by atoms with Gasteiger partial charge in [0.15, 0.2) is 5.84 Å². The van der Waals surface area contributed by atoms with Crippen LogP contribution in [0.1, 0.15) is 19.4 Å². The highest BCUT2D eigenvalue weighted by Gasteiger charge is 2.32. The number of hydrogen-bond acceptors (Lipinski definition) is 4. The molecule has 1 aliphatic rings. The predicted molar refractivity (Wildman–Crippen MR) is 113 cm³/mol. The zero-order valence-electron chi connectivity index (χ0n) is 16.4. The molecule has 5 heteroatoms. The van der Waals surface area contributed by atoms with Crippen LogP contribution in [0.15, 0.2) is 65.3 Å². The van der Waals surface area contributed by atoms with Crippen LogP contribution in [0.4, 0.5) is 11.4 Å². The van der Waals surface area contributed by atoms with Gasteiger partial charge in [0.2, 0.25) is 0 Å². The van der Waals surface area contributed by atoms with Crippen molar-refractivity contribution in [2.45, 2.75) is 13.8 Å². The molecule has 0 atom stereocenters. The van der Waals surface area contributed by atoms with Crippen LogP contribution in [0.3, 0.4) is 0 Å². The first kappa shape index (κ1) is 18.7. The molecule has 3 rings (SSSR count). The maximum Gasteiger partial charge on any atom is 0.282 e. The summed E-state index contributed by atoms with van der Waals surface area (Å²) in [4.78, 5) is 17.2. The molecule has 0 saturated heterocycles. The maximum absolute atomic E-state index is 13.0. The van der Waals surface area contributed by atoms with Gasteiger partial charge in [0.25, 0.3) is 5.91 Å². The van der Waals surface area contributed by atoms with E-state index in [-0.39, 0.29) is 5.91 Å². The number of amides is 1. The van der Waals surface area contributed by atoms with Crippen molar-refractivity contribution in [2.24, 2.45) is 5.10 Å². The third kappa shape index (κ3) is 3.87. The summed E-state index contributed by atoms with van der Waals surface area (Å²) in [5.41, 5.74) is 3.53. The normalized spacial score (nSPS) is 15.3. The lowest BCUT2D eigenvalue weighted by atomic mass is 10.1. The molecular formula is C22H26N4O. The Morgan fingerprint density at radius 3 is 2.15 bits per heavy atom. The van der Waals surface area contributed by atoms with Crippen LogP contribution in [-0.4, -0.2) is 43.8 Å². The topological polar surface area (TPSA) is 39.2 Å². The SMILES string of the molecule is CCN(CC)c1ccc(/C=C2/C(=O)N(c3ccccc3)N=C2N(C)C)cc1. The number of hydrazone groups is 1. The number of carbonyl (C=O) groups excluding carboxylic acids is 1. The molecule has 5 nitrogen and oxygen atoms in total. The minimum atomic E-state index is -0.113. The Morgan fingerprint density at radius 2 is 1.59 bits per heavy atom. The molecule has 0 aliphatic carbocycles. The summed E-state index contributed by atoms with van der Waals surface area (Å²) in [6, 6.07) is 17.8. The van der Waals surface area contributed by atoms with Gasteiger partial charge in [-0.05, 0) is 49.8 Å². The summed E-state index contributed by atoms with van der Waals surface area (Å²) in [6.45, 7) is 6.24. The first-order valence-electron chi connectivity index (χ1n) is 9.27. The monoisotopic (exact) mass is 362 g/mol. The van der Waals surface area contributed by atoms with Crippen LogP contribution in [-0.2, 0) is 4.79 Å². The number of likely N-dealkylation sites (N-methyl/N-ethyl adjacent to an activating group) is 1. The second-order valence-corrected chi connectivity index (χ2v) is 6.59. The number of anilines is 2. The van der Waals surface area contributed by atoms with Gasteiger partial charge in [-0.25, -0.2) is 0 Å². The van der Waals surface area contributed by atoms with Gasteiger partial charge in [-0.3, -0.25) is 4.79 Å². The van der Waals surface area contributed by atoms with E-state index in [0.717, 1.165) is 24.3 Å². The van der Waals surface area contributed by atoms with E-state index < -0.39 is 0 Å². The average molecular weight is 362 g/mol. The molecular weight excluding hydrogens is 336 g/mol. The fourth-order valence-corrected chi connectivity index (χ4v) is 3.14. The van der Waals surface area contributed by atoms with E-state index in [9.17, 15) is 4.79 Å². The van der Waals surface area contributed by atoms with Crippen molar-refractivity contribution in [3.63, 3.8) is 0 Å². The summed E-state index contributed by atoms with van der Waals surface area (Å²) in [6.07, 6.45) is 1.91. The van der Waals surface area contributed by atoms with Crippen LogP contribution >= 0.6 is 0 Å². The van der Waals surface area contributed by atoms with Crippen molar-refractivity contribution in [3.05, 3.63) is 65.7 Å². The molecule has 27 heavy (non-hydrogen) atoms. The summed E-state index contributed by atoms with van der Waals surface area (Å²) in [7, 11) is 3.80. The molecule has 2 aromatic carbocycles. The Labute approximate surface area is 161 Å². The van der Waals surface area contributed by atoms with Crippen molar-refractivity contribution in [2.75, 3.05) is 37.1 Å². The van der Waals surface area contributed by atoms with Gasteiger partial charge in [-0.2, -0.15) is 5.01 Å². The van der Waals surface area contributed by atoms with Gasteiger partial charge in [0.1, 0.15) is 0 Å². The Balaban J connectivity index is 1.92. The molecule has 0 bridgehead atoms. The molecule has 2 aromatic rings. The first-order valence-corrected chi connectivity index (χ1v) is 9.27. The molecule has 0 saturated carbocycles. The van der Waals surface area contributed by atoms with Gasteiger partial charge in [-0.1, -0.05) is 30.3 Å². The van der Waals surface area contributed by atoms with Crippen LogP contribution in [0.25, 0.3) is 6.08 Å². The third-order valence-electron chi connectivity index (χ3n) is 4.62. The second kappa shape index (κ2) is 8.08. The molecule has 140 valence electrons. The summed E-state index contributed by atoms with van der Waals surface area (Å²) in [5.74, 6) is 0.550. The second-order valence-electron chi connectivity index (χ2n) is 6.59. The van der Waals surface area contributed by atoms with Crippen molar-refractivity contribution in [3.8, 4) is 0 Å². The lowest BCUT2D eigenvalue weighted by molar-refractivity contribution is -0.114. The molecule has 1 aliphatic heterocycles. The number of hydrogen-bond donors (Lipinski definition) is 0. The number of carbonyl (C=O) groups is 1. The average Bonchev–Trinajstić information content (AvgIpc) is 3.01. The molecule has 0 unspecified atom stereocenters. The predicted octanol–water partition coefficient (Wildman–Crippen LogP) is 3.84. The third-order valence-corrected chi connectivity index (χ3v) is 4.62. The molecule has 0 spiro atoms. The standard InChI is InChI=1S/C22H26N4O/c1-5-25(6-2)18-14-12-17(13-15-18)16-20-21(24(3)4)23-26(22(20)27)19-10-8-7-9-11-19/h7-16H,5-6H2,1-4H3/b20-16+. The van der Waals surface area contributed by atoms with E-state index in [0.29, 0.717) is 11.4 Å². The lowest BCUT2D eigenvalue weighted by Crippen LogP contribution is -2.24. The van der Waals surface area contributed by atoms with Gasteiger partial charge >= 0.3 is 0 Å². The number of para-hydroxylation sites is 1. The van der Waals surface area contributed by atoms with Gasteiger partial charge in [0, 0.05) is 32.9 Å². The molecule has 0 radical (unpaired) electrons. The fraction of sp³-hybridized carbons (Fsp3) is 0.273. The van der Waals surface area contributed by atoms with Crippen molar-refractivity contribution < 1.29 is 4.79 Å². The summed E-state index contributed by atoms with van der Waals surface area (Å²) < 4.78 is 0. The molecule has 0 N–H and O–H groups in total. The van der Waals surface area contributed by atoms with Crippen LogP contribution < -0.4 is 9.91 Å². The van der Waals surface area contributed by atoms with E-state index in [2.05, 4.69) is 36.0 Å². The Bertz CT molecular complexity index is 850. The van der Waals surface area contributed by atoms with Crippen LogP contribution in [0.2, 0.25) is 0 Å². The zero-order valence-corrected chi connectivity index (χ0v) is 16.4. The highest BCUT2D eigenvalue weighted by molar-refractivity contribution is 6.31. The van der Waals surface area contributed by atoms with E-state index in [1.807, 2.05) is 67.5 Å². The van der Waals surface area contributed by atoms with E-state index >= 15 is 0 Å². The van der Waals surface area contributed by atoms with Gasteiger partial charge in [-0.15, -0.1) is 5.10 Å². The molecule has 1 heterocycles. The lowest BCUT2D eigenvalue weighted by Gasteiger charge is -2.21. The Hall–Kier alpha value is -3.08. The van der Waals surface area contributed by atoms with Crippen molar-refractivity contribution >= 4 is 29.2 Å². The smallest absolute Gasteiger partial charge is 0.282 e. The summed E-state index contributed by atoms with van der Waals surface area (Å²) in [5, 5.41) is 6.00. The van der Waals surface area contributed by atoms with Gasteiger partial charge < -0.3 is 9.80 Å². The van der Waals surface area contributed by atoms with E-state index in [4.69, 9.17) is 0 Å². The Kier molecular flexibility index (Phi) is 5.60. The molecule has 1 amide bonds. The summed E-state index contributed by atoms with van der Waals surface area (Å²) >= 11 is 0. The van der Waals surface area contributed by atoms with Crippen molar-refractivity contribution in [1.29, 1.82) is 0 Å². The number of amidine groups is 1. The Morgan fingerprint density at radius 1 is 0.963 bits per heavy atom. The number of rotatable bonds is 5. The van der Waals surface area contributed by atoms with Crippen LogP contribution in [0, 0.1) is 0 Å². The molecule has 0 fully saturated rings.